The molecule has 0 radical (unpaired) electrons. The topological polar surface area (TPSA) is 97.7 Å². The van der Waals surface area contributed by atoms with Crippen molar-refractivity contribution >= 4 is 17.3 Å². The van der Waals surface area contributed by atoms with E-state index in [9.17, 15) is 4.79 Å². The number of nitrogens with zero attached hydrogens (tertiary/aromatic N) is 1. The SMILES string of the molecule is CCN(CC)CCC(Oc1cccc2c1OCO2)c1cccs1.O=C(O)COO. The van der Waals surface area contributed by atoms with Crippen molar-refractivity contribution in [1.82, 2.24) is 4.90 Å². The van der Waals surface area contributed by atoms with Crippen LogP contribution < -0.4 is 14.2 Å². The molecule has 0 spiro atoms. The van der Waals surface area contributed by atoms with E-state index < -0.39 is 12.6 Å². The molecule has 0 saturated heterocycles. The van der Waals surface area contributed by atoms with E-state index in [-0.39, 0.29) is 12.9 Å². The molecule has 9 heteroatoms. The smallest absolute Gasteiger partial charge is 0.333 e. The summed E-state index contributed by atoms with van der Waals surface area (Å²) >= 11 is 1.73. The Bertz CT molecular complexity index is 734. The van der Waals surface area contributed by atoms with Crippen LogP contribution in [0.4, 0.5) is 0 Å². The van der Waals surface area contributed by atoms with Gasteiger partial charge in [-0.1, -0.05) is 26.0 Å². The minimum Gasteiger partial charge on any atom is -0.481 e. The zero-order chi connectivity index (χ0) is 21.1. The fourth-order valence-corrected chi connectivity index (χ4v) is 3.57. The highest BCUT2D eigenvalue weighted by Gasteiger charge is 2.22. The van der Waals surface area contributed by atoms with Crippen molar-refractivity contribution in [3.63, 3.8) is 0 Å². The van der Waals surface area contributed by atoms with E-state index >= 15 is 0 Å². The first-order valence-corrected chi connectivity index (χ1v) is 10.3. The van der Waals surface area contributed by atoms with Crippen molar-refractivity contribution in [2.24, 2.45) is 0 Å². The Labute approximate surface area is 174 Å². The van der Waals surface area contributed by atoms with Gasteiger partial charge in [-0.3, -0.25) is 5.26 Å². The summed E-state index contributed by atoms with van der Waals surface area (Å²) in [5.74, 6) is 1.06. The van der Waals surface area contributed by atoms with E-state index in [0.717, 1.165) is 43.3 Å². The van der Waals surface area contributed by atoms with E-state index in [0.29, 0.717) is 0 Å². The Hall–Kier alpha value is -2.33. The van der Waals surface area contributed by atoms with E-state index in [1.54, 1.807) is 11.3 Å². The van der Waals surface area contributed by atoms with Crippen LogP contribution in [0.3, 0.4) is 0 Å². The summed E-state index contributed by atoms with van der Waals surface area (Å²) in [4.78, 5) is 16.2. The summed E-state index contributed by atoms with van der Waals surface area (Å²) in [6.07, 6.45) is 0.985. The number of hydrogen-bond acceptors (Lipinski definition) is 8. The molecule has 1 aliphatic rings. The van der Waals surface area contributed by atoms with Gasteiger partial charge in [0.05, 0.1) is 0 Å². The molecule has 3 rings (SSSR count). The second-order valence-corrected chi connectivity index (χ2v) is 7.07. The highest BCUT2D eigenvalue weighted by atomic mass is 32.1. The summed E-state index contributed by atoms with van der Waals surface area (Å²) in [7, 11) is 0. The number of carboxylic acids is 1. The lowest BCUT2D eigenvalue weighted by molar-refractivity contribution is -0.243. The maximum atomic E-state index is 9.31. The molecule has 1 atom stereocenters. The molecule has 0 fully saturated rings. The lowest BCUT2D eigenvalue weighted by atomic mass is 10.2. The normalized spacial score (nSPS) is 13.0. The highest BCUT2D eigenvalue weighted by Crippen LogP contribution is 2.42. The second-order valence-electron chi connectivity index (χ2n) is 6.09. The lowest BCUT2D eigenvalue weighted by Crippen LogP contribution is -2.26. The van der Waals surface area contributed by atoms with Gasteiger partial charge < -0.3 is 24.2 Å². The van der Waals surface area contributed by atoms with Crippen molar-refractivity contribution in [3.8, 4) is 17.2 Å². The molecular weight excluding hydrogens is 398 g/mol. The minimum absolute atomic E-state index is 0.0336. The van der Waals surface area contributed by atoms with Gasteiger partial charge in [0, 0.05) is 17.8 Å². The Balaban J connectivity index is 0.000000438. The first-order chi connectivity index (χ1) is 14.1. The number of hydrogen-bond donors (Lipinski definition) is 2. The third-order valence-electron chi connectivity index (χ3n) is 4.28. The first-order valence-electron chi connectivity index (χ1n) is 9.38. The molecule has 0 saturated carbocycles. The number of fused-ring (bicyclic) bond motifs is 1. The number of rotatable bonds is 10. The molecule has 0 bridgehead atoms. The predicted molar refractivity (Wildman–Crippen MR) is 109 cm³/mol. The van der Waals surface area contributed by atoms with Crippen LogP contribution in [0.15, 0.2) is 35.7 Å². The Morgan fingerprint density at radius 2 is 2.03 bits per heavy atom. The minimum atomic E-state index is -1.18. The van der Waals surface area contributed by atoms with Crippen LogP contribution in [0.1, 0.15) is 31.2 Å². The number of carbonyl (C=O) groups is 1. The molecule has 8 nitrogen and oxygen atoms in total. The van der Waals surface area contributed by atoms with Crippen LogP contribution in [0.2, 0.25) is 0 Å². The number of para-hydroxylation sites is 1. The lowest BCUT2D eigenvalue weighted by Gasteiger charge is -2.23. The van der Waals surface area contributed by atoms with Gasteiger partial charge in [-0.05, 0) is 36.7 Å². The quantitative estimate of drug-likeness (QED) is 0.437. The van der Waals surface area contributed by atoms with E-state index in [1.165, 1.54) is 4.88 Å². The molecule has 1 unspecified atom stereocenters. The van der Waals surface area contributed by atoms with E-state index in [4.69, 9.17) is 24.6 Å². The zero-order valence-corrected chi connectivity index (χ0v) is 17.4. The molecule has 2 aromatic rings. The number of thiophene rings is 1. The number of carboxylic acid groups (broad SMARTS) is 1. The van der Waals surface area contributed by atoms with Crippen molar-refractivity contribution in [2.75, 3.05) is 33.0 Å². The monoisotopic (exact) mass is 425 g/mol. The molecule has 160 valence electrons. The van der Waals surface area contributed by atoms with Crippen LogP contribution in [0, 0.1) is 0 Å². The van der Waals surface area contributed by atoms with Crippen molar-refractivity contribution in [3.05, 3.63) is 40.6 Å². The molecular formula is C20H27NO7S. The number of aliphatic carboxylic acids is 1. The molecule has 1 aromatic carbocycles. The molecule has 1 aromatic heterocycles. The van der Waals surface area contributed by atoms with Crippen LogP contribution in [-0.4, -0.2) is 54.3 Å². The Morgan fingerprint density at radius 1 is 1.24 bits per heavy atom. The molecule has 1 aliphatic heterocycles. The Morgan fingerprint density at radius 3 is 2.62 bits per heavy atom. The van der Waals surface area contributed by atoms with Gasteiger partial charge in [-0.2, -0.15) is 0 Å². The number of benzene rings is 1. The molecule has 2 N–H and O–H groups in total. The van der Waals surface area contributed by atoms with Crippen LogP contribution in [0.5, 0.6) is 17.2 Å². The summed E-state index contributed by atoms with van der Waals surface area (Å²) in [6, 6.07) is 10.0. The van der Waals surface area contributed by atoms with Crippen LogP contribution in [0.25, 0.3) is 0 Å². The highest BCUT2D eigenvalue weighted by molar-refractivity contribution is 7.10. The van der Waals surface area contributed by atoms with Gasteiger partial charge in [-0.15, -0.1) is 11.3 Å². The van der Waals surface area contributed by atoms with Gasteiger partial charge in [0.15, 0.2) is 18.1 Å². The van der Waals surface area contributed by atoms with Crippen molar-refractivity contribution < 1.29 is 34.3 Å². The average molecular weight is 426 g/mol. The second kappa shape index (κ2) is 12.3. The van der Waals surface area contributed by atoms with Crippen molar-refractivity contribution in [2.45, 2.75) is 26.4 Å². The molecule has 29 heavy (non-hydrogen) atoms. The molecule has 2 heterocycles. The van der Waals surface area contributed by atoms with Crippen LogP contribution in [-0.2, 0) is 9.68 Å². The van der Waals surface area contributed by atoms with Gasteiger partial charge in [-0.25, -0.2) is 9.68 Å². The first kappa shape index (κ1) is 23.0. The van der Waals surface area contributed by atoms with Gasteiger partial charge >= 0.3 is 5.97 Å². The fourth-order valence-electron chi connectivity index (χ4n) is 2.78. The van der Waals surface area contributed by atoms with Gasteiger partial charge in [0.25, 0.3) is 0 Å². The van der Waals surface area contributed by atoms with Crippen LogP contribution >= 0.6 is 11.3 Å². The largest absolute Gasteiger partial charge is 0.481 e. The average Bonchev–Trinajstić information content (AvgIpc) is 3.40. The van der Waals surface area contributed by atoms with Gasteiger partial charge in [0.1, 0.15) is 6.10 Å². The summed E-state index contributed by atoms with van der Waals surface area (Å²) < 4.78 is 17.3. The summed E-state index contributed by atoms with van der Waals surface area (Å²) in [6.45, 7) is 7.14. The third kappa shape index (κ3) is 7.21. The molecule has 0 amide bonds. The summed E-state index contributed by atoms with van der Waals surface area (Å²) in [5, 5.41) is 17.1. The maximum Gasteiger partial charge on any atom is 0.333 e. The maximum absolute atomic E-state index is 9.31. The summed E-state index contributed by atoms with van der Waals surface area (Å²) in [5.41, 5.74) is 0. The van der Waals surface area contributed by atoms with Crippen molar-refractivity contribution in [1.29, 1.82) is 0 Å². The molecule has 0 aliphatic carbocycles. The Kier molecular flexibility index (Phi) is 9.72. The van der Waals surface area contributed by atoms with E-state index in [2.05, 4.69) is 41.1 Å². The third-order valence-corrected chi connectivity index (χ3v) is 5.24. The number of ether oxygens (including phenoxy) is 3. The predicted octanol–water partition coefficient (Wildman–Crippen LogP) is 3.89. The van der Waals surface area contributed by atoms with Gasteiger partial charge in [0.2, 0.25) is 12.5 Å². The fraction of sp³-hybridized carbons (Fsp3) is 0.450. The standard InChI is InChI=1S/C18H23NO3S.C2H4O4/c1-3-19(4-2)11-10-14(17-9-6-12-23-17)22-16-8-5-7-15-18(16)21-13-20-15;3-2(4)1-6-5/h5-9,12,14H,3-4,10-11,13H2,1-2H3;5H,1H2,(H,3,4). The zero-order valence-electron chi connectivity index (χ0n) is 16.6. The van der Waals surface area contributed by atoms with E-state index in [1.807, 2.05) is 18.2 Å².